The molecule has 0 bridgehead atoms. The highest BCUT2D eigenvalue weighted by Crippen LogP contribution is 2.34. The second kappa shape index (κ2) is 8.39. The summed E-state index contributed by atoms with van der Waals surface area (Å²) in [5.41, 5.74) is 5.86. The molecule has 2 aromatic rings. The Morgan fingerprint density at radius 3 is 2.39 bits per heavy atom. The average Bonchev–Trinajstić information content (AvgIpc) is 3.11. The zero-order valence-corrected chi connectivity index (χ0v) is 18.4. The van der Waals surface area contributed by atoms with E-state index in [4.69, 9.17) is 0 Å². The molecule has 0 atom stereocenters. The summed E-state index contributed by atoms with van der Waals surface area (Å²) in [6.07, 6.45) is 2.01. The lowest BCUT2D eigenvalue weighted by atomic mass is 10.0. The van der Waals surface area contributed by atoms with Crippen LogP contribution in [-0.2, 0) is 4.79 Å². The molecule has 28 heavy (non-hydrogen) atoms. The molecule has 1 aromatic heterocycles. The van der Waals surface area contributed by atoms with Crippen LogP contribution in [0.15, 0.2) is 40.2 Å². The Kier molecular flexibility index (Phi) is 6.14. The van der Waals surface area contributed by atoms with Crippen LogP contribution in [0.3, 0.4) is 0 Å². The maximum absolute atomic E-state index is 12.7. The molecular formula is C23H29N3OS. The monoisotopic (exact) mass is 395 g/mol. The molecule has 4 nitrogen and oxygen atoms in total. The van der Waals surface area contributed by atoms with Crippen LogP contribution < -0.4 is 0 Å². The lowest BCUT2D eigenvalue weighted by Crippen LogP contribution is -2.28. The summed E-state index contributed by atoms with van der Waals surface area (Å²) in [4.78, 5) is 19.7. The molecule has 148 valence electrons. The third kappa shape index (κ3) is 3.81. The van der Waals surface area contributed by atoms with E-state index in [1.54, 1.807) is 4.90 Å². The maximum atomic E-state index is 12.7. The molecule has 1 aromatic carbocycles. The summed E-state index contributed by atoms with van der Waals surface area (Å²) in [5, 5.41) is 0.805. The van der Waals surface area contributed by atoms with Gasteiger partial charge in [0.1, 0.15) is 0 Å². The van der Waals surface area contributed by atoms with Gasteiger partial charge in [0.2, 0.25) is 0 Å². The van der Waals surface area contributed by atoms with Crippen molar-refractivity contribution < 1.29 is 4.79 Å². The number of amides is 1. The van der Waals surface area contributed by atoms with Crippen molar-refractivity contribution in [3.05, 3.63) is 57.8 Å². The van der Waals surface area contributed by atoms with Gasteiger partial charge in [-0.3, -0.25) is 14.7 Å². The van der Waals surface area contributed by atoms with Crippen molar-refractivity contribution in [3.63, 3.8) is 0 Å². The van der Waals surface area contributed by atoms with Gasteiger partial charge in [0.15, 0.2) is 5.17 Å². The van der Waals surface area contributed by atoms with E-state index in [2.05, 4.69) is 67.6 Å². The molecule has 1 saturated heterocycles. The molecule has 1 aliphatic rings. The second-order valence-corrected chi connectivity index (χ2v) is 8.33. The number of hydrogen-bond acceptors (Lipinski definition) is 3. The van der Waals surface area contributed by atoms with Gasteiger partial charge in [-0.15, -0.1) is 0 Å². The molecule has 1 amide bonds. The van der Waals surface area contributed by atoms with Gasteiger partial charge >= 0.3 is 0 Å². The molecule has 0 spiro atoms. The standard InChI is InChI=1S/C23H29N3OS/c1-7-24-23-25(8-2)22(27)21(28-23)14-19-13-16(5)26(17(19)6)20-11-9-18(10-12-20)15(3)4/h9-15H,7-8H2,1-6H3/b21-14+,24-23?. The molecule has 0 N–H and O–H groups in total. The molecule has 3 rings (SSSR count). The van der Waals surface area contributed by atoms with Crippen LogP contribution in [0.2, 0.25) is 0 Å². The largest absolute Gasteiger partial charge is 0.318 e. The quantitative estimate of drug-likeness (QED) is 0.624. The van der Waals surface area contributed by atoms with Gasteiger partial charge in [-0.25, -0.2) is 0 Å². The number of aliphatic imine (C=N–C) groups is 1. The number of aryl methyl sites for hydroxylation is 1. The Bertz CT molecular complexity index is 936. The summed E-state index contributed by atoms with van der Waals surface area (Å²) >= 11 is 1.47. The summed E-state index contributed by atoms with van der Waals surface area (Å²) in [7, 11) is 0. The number of nitrogens with zero attached hydrogens (tertiary/aromatic N) is 3. The van der Waals surface area contributed by atoms with E-state index in [1.165, 1.54) is 17.3 Å². The van der Waals surface area contributed by atoms with Gasteiger partial charge in [0.25, 0.3) is 5.91 Å². The first-order valence-electron chi connectivity index (χ1n) is 9.92. The third-order valence-corrected chi connectivity index (χ3v) is 6.12. The topological polar surface area (TPSA) is 37.6 Å². The molecule has 0 unspecified atom stereocenters. The minimum Gasteiger partial charge on any atom is -0.318 e. The number of amidine groups is 1. The number of carbonyl (C=O) groups excluding carboxylic acids is 1. The lowest BCUT2D eigenvalue weighted by molar-refractivity contribution is -0.122. The zero-order valence-electron chi connectivity index (χ0n) is 17.6. The summed E-state index contributed by atoms with van der Waals surface area (Å²) < 4.78 is 2.25. The Labute approximate surface area is 172 Å². The fraction of sp³-hybridized carbons (Fsp3) is 0.391. The number of thioether (sulfide) groups is 1. The van der Waals surface area contributed by atoms with Crippen LogP contribution in [0.5, 0.6) is 0 Å². The minimum absolute atomic E-state index is 0.0470. The lowest BCUT2D eigenvalue weighted by Gasteiger charge is -2.12. The van der Waals surface area contributed by atoms with E-state index < -0.39 is 0 Å². The highest BCUT2D eigenvalue weighted by atomic mass is 32.2. The van der Waals surface area contributed by atoms with Gasteiger partial charge in [-0.1, -0.05) is 26.0 Å². The number of rotatable bonds is 5. The number of aromatic nitrogens is 1. The zero-order chi connectivity index (χ0) is 20.4. The SMILES string of the molecule is CCN=C1S/C(=C/c2cc(C)n(-c3ccc(C(C)C)cc3)c2C)C(=O)N1CC. The maximum Gasteiger partial charge on any atom is 0.266 e. The van der Waals surface area contributed by atoms with E-state index in [-0.39, 0.29) is 5.91 Å². The van der Waals surface area contributed by atoms with Crippen molar-refractivity contribution in [1.29, 1.82) is 0 Å². The first-order valence-corrected chi connectivity index (χ1v) is 10.7. The van der Waals surface area contributed by atoms with Crippen LogP contribution in [-0.4, -0.2) is 33.6 Å². The molecule has 0 saturated carbocycles. The Hall–Kier alpha value is -2.27. The summed E-state index contributed by atoms with van der Waals surface area (Å²) in [6, 6.07) is 10.9. The van der Waals surface area contributed by atoms with Crippen molar-refractivity contribution in [1.82, 2.24) is 9.47 Å². The van der Waals surface area contributed by atoms with Gasteiger partial charge in [-0.2, -0.15) is 0 Å². The Morgan fingerprint density at radius 1 is 1.14 bits per heavy atom. The predicted octanol–water partition coefficient (Wildman–Crippen LogP) is 5.53. The van der Waals surface area contributed by atoms with Crippen LogP contribution in [0.4, 0.5) is 0 Å². The normalized spacial score (nSPS) is 17.5. The van der Waals surface area contributed by atoms with Crippen molar-refractivity contribution in [2.45, 2.75) is 47.5 Å². The first kappa shape index (κ1) is 20.5. The van der Waals surface area contributed by atoms with E-state index in [0.717, 1.165) is 32.7 Å². The van der Waals surface area contributed by atoms with Crippen molar-refractivity contribution in [2.24, 2.45) is 4.99 Å². The van der Waals surface area contributed by atoms with E-state index in [0.29, 0.717) is 19.0 Å². The fourth-order valence-corrected chi connectivity index (χ4v) is 4.62. The molecule has 5 heteroatoms. The average molecular weight is 396 g/mol. The first-order chi connectivity index (χ1) is 13.4. The molecule has 1 fully saturated rings. The number of likely N-dealkylation sites (N-methyl/N-ethyl adjacent to an activating group) is 1. The van der Waals surface area contributed by atoms with E-state index >= 15 is 0 Å². The summed E-state index contributed by atoms with van der Waals surface area (Å²) in [5.74, 6) is 0.567. The highest BCUT2D eigenvalue weighted by molar-refractivity contribution is 8.18. The highest BCUT2D eigenvalue weighted by Gasteiger charge is 2.32. The van der Waals surface area contributed by atoms with Crippen molar-refractivity contribution in [3.8, 4) is 5.69 Å². The van der Waals surface area contributed by atoms with E-state index in [9.17, 15) is 4.79 Å². The Balaban J connectivity index is 1.97. The van der Waals surface area contributed by atoms with Gasteiger partial charge in [0, 0.05) is 30.2 Å². The van der Waals surface area contributed by atoms with Crippen LogP contribution in [0, 0.1) is 13.8 Å². The molecular weight excluding hydrogens is 366 g/mol. The van der Waals surface area contributed by atoms with Crippen LogP contribution >= 0.6 is 11.8 Å². The molecule has 1 aliphatic heterocycles. The van der Waals surface area contributed by atoms with Gasteiger partial charge < -0.3 is 4.57 Å². The minimum atomic E-state index is 0.0470. The fourth-order valence-electron chi connectivity index (χ4n) is 3.52. The number of hydrogen-bond donors (Lipinski definition) is 0. The Morgan fingerprint density at radius 2 is 1.82 bits per heavy atom. The van der Waals surface area contributed by atoms with Crippen LogP contribution in [0.25, 0.3) is 11.8 Å². The van der Waals surface area contributed by atoms with Crippen molar-refractivity contribution in [2.75, 3.05) is 13.1 Å². The molecule has 2 heterocycles. The second-order valence-electron chi connectivity index (χ2n) is 7.33. The van der Waals surface area contributed by atoms with Gasteiger partial charge in [0.05, 0.1) is 4.91 Å². The van der Waals surface area contributed by atoms with Crippen molar-refractivity contribution >= 4 is 28.9 Å². The van der Waals surface area contributed by atoms with Gasteiger partial charge in [-0.05, 0) is 80.8 Å². The predicted molar refractivity (Wildman–Crippen MR) is 120 cm³/mol. The van der Waals surface area contributed by atoms with E-state index in [1.807, 2.05) is 19.9 Å². The summed E-state index contributed by atoms with van der Waals surface area (Å²) in [6.45, 7) is 13.9. The number of carbonyl (C=O) groups is 1. The smallest absolute Gasteiger partial charge is 0.266 e. The van der Waals surface area contributed by atoms with Crippen LogP contribution in [0.1, 0.15) is 56.1 Å². The molecule has 0 radical (unpaired) electrons. The third-order valence-electron chi connectivity index (χ3n) is 5.07. The number of benzene rings is 1. The molecule has 0 aliphatic carbocycles.